The van der Waals surface area contributed by atoms with E-state index in [9.17, 15) is 4.79 Å². The standard InChI is InChI=1S/C11H20N2O3/c1-3-15-6-4-5-13-10(14)11(2)8-16-7-9(11)12/h3,9H,1,4-8,12H2,2H3,(H,13,14). The first-order valence-corrected chi connectivity index (χ1v) is 5.45. The summed E-state index contributed by atoms with van der Waals surface area (Å²) in [5.74, 6) is -0.0453. The molecule has 0 aromatic carbocycles. The lowest BCUT2D eigenvalue weighted by molar-refractivity contribution is -0.130. The van der Waals surface area contributed by atoms with E-state index in [0.717, 1.165) is 6.42 Å². The fraction of sp³-hybridized carbons (Fsp3) is 0.727. The molecule has 1 rings (SSSR count). The molecule has 0 radical (unpaired) electrons. The summed E-state index contributed by atoms with van der Waals surface area (Å²) >= 11 is 0. The molecule has 1 fully saturated rings. The molecule has 1 amide bonds. The van der Waals surface area contributed by atoms with Gasteiger partial charge in [-0.1, -0.05) is 6.58 Å². The van der Waals surface area contributed by atoms with Gasteiger partial charge in [0, 0.05) is 12.6 Å². The van der Waals surface area contributed by atoms with Crippen LogP contribution in [-0.2, 0) is 14.3 Å². The van der Waals surface area contributed by atoms with Crippen molar-refractivity contribution in [3.8, 4) is 0 Å². The van der Waals surface area contributed by atoms with Gasteiger partial charge in [-0.3, -0.25) is 4.79 Å². The van der Waals surface area contributed by atoms with Crippen LogP contribution in [0.2, 0.25) is 0 Å². The van der Waals surface area contributed by atoms with E-state index in [1.807, 2.05) is 6.92 Å². The van der Waals surface area contributed by atoms with Crippen molar-refractivity contribution in [2.75, 3.05) is 26.4 Å². The van der Waals surface area contributed by atoms with Crippen molar-refractivity contribution in [1.29, 1.82) is 0 Å². The fourth-order valence-electron chi connectivity index (χ4n) is 1.57. The van der Waals surface area contributed by atoms with E-state index < -0.39 is 5.41 Å². The number of nitrogens with two attached hydrogens (primary N) is 1. The Morgan fingerprint density at radius 3 is 3.12 bits per heavy atom. The fourth-order valence-corrected chi connectivity index (χ4v) is 1.57. The number of carbonyl (C=O) groups excluding carboxylic acids is 1. The van der Waals surface area contributed by atoms with Crippen LogP contribution >= 0.6 is 0 Å². The van der Waals surface area contributed by atoms with Gasteiger partial charge < -0.3 is 20.5 Å². The van der Waals surface area contributed by atoms with E-state index in [1.165, 1.54) is 6.26 Å². The molecule has 5 nitrogen and oxygen atoms in total. The first-order chi connectivity index (χ1) is 7.61. The van der Waals surface area contributed by atoms with Crippen molar-refractivity contribution in [1.82, 2.24) is 5.32 Å². The average Bonchev–Trinajstić information content (AvgIpc) is 2.60. The molecule has 1 saturated heterocycles. The second kappa shape index (κ2) is 5.86. The monoisotopic (exact) mass is 228 g/mol. The number of ether oxygens (including phenoxy) is 2. The van der Waals surface area contributed by atoms with Crippen LogP contribution in [0, 0.1) is 5.41 Å². The van der Waals surface area contributed by atoms with Gasteiger partial charge in [-0.15, -0.1) is 0 Å². The molecule has 0 aliphatic carbocycles. The van der Waals surface area contributed by atoms with Crippen LogP contribution in [0.15, 0.2) is 12.8 Å². The van der Waals surface area contributed by atoms with E-state index in [-0.39, 0.29) is 11.9 Å². The Kier molecular flexibility index (Phi) is 4.76. The zero-order valence-electron chi connectivity index (χ0n) is 9.70. The summed E-state index contributed by atoms with van der Waals surface area (Å²) in [4.78, 5) is 11.9. The summed E-state index contributed by atoms with van der Waals surface area (Å²) in [6, 6.07) is -0.225. The van der Waals surface area contributed by atoms with Crippen molar-refractivity contribution in [2.24, 2.45) is 11.1 Å². The highest BCUT2D eigenvalue weighted by Crippen LogP contribution is 2.26. The number of hydrogen-bond acceptors (Lipinski definition) is 4. The minimum absolute atomic E-state index is 0.0453. The van der Waals surface area contributed by atoms with Gasteiger partial charge in [-0.2, -0.15) is 0 Å². The number of amides is 1. The second-order valence-electron chi connectivity index (χ2n) is 4.19. The quantitative estimate of drug-likeness (QED) is 0.496. The smallest absolute Gasteiger partial charge is 0.229 e. The Bertz CT molecular complexity index is 258. The van der Waals surface area contributed by atoms with Gasteiger partial charge in [0.2, 0.25) is 5.91 Å². The van der Waals surface area contributed by atoms with E-state index in [1.54, 1.807) is 0 Å². The normalized spacial score (nSPS) is 28.8. The molecule has 1 aliphatic rings. The van der Waals surface area contributed by atoms with Crippen LogP contribution in [0.25, 0.3) is 0 Å². The van der Waals surface area contributed by atoms with Crippen molar-refractivity contribution < 1.29 is 14.3 Å². The van der Waals surface area contributed by atoms with Crippen molar-refractivity contribution in [3.05, 3.63) is 12.8 Å². The number of carbonyl (C=O) groups is 1. The lowest BCUT2D eigenvalue weighted by Crippen LogP contribution is -2.50. The van der Waals surface area contributed by atoms with E-state index in [2.05, 4.69) is 11.9 Å². The SMILES string of the molecule is C=COCCCNC(=O)C1(C)COCC1N. The van der Waals surface area contributed by atoms with Gasteiger partial charge >= 0.3 is 0 Å². The van der Waals surface area contributed by atoms with Gasteiger partial charge in [0.25, 0.3) is 0 Å². The van der Waals surface area contributed by atoms with E-state index >= 15 is 0 Å². The maximum Gasteiger partial charge on any atom is 0.229 e. The van der Waals surface area contributed by atoms with Gasteiger partial charge in [-0.05, 0) is 13.3 Å². The third-order valence-electron chi connectivity index (χ3n) is 2.88. The predicted molar refractivity (Wildman–Crippen MR) is 60.7 cm³/mol. The third-order valence-corrected chi connectivity index (χ3v) is 2.88. The molecule has 1 heterocycles. The molecule has 0 saturated carbocycles. The molecule has 0 bridgehead atoms. The molecule has 1 aliphatic heterocycles. The topological polar surface area (TPSA) is 73.6 Å². The Balaban J connectivity index is 2.26. The van der Waals surface area contributed by atoms with E-state index in [4.69, 9.17) is 15.2 Å². The molecule has 92 valence electrons. The number of nitrogens with one attached hydrogen (secondary N) is 1. The summed E-state index contributed by atoms with van der Waals surface area (Å²) in [6.07, 6.45) is 2.15. The molecular formula is C11H20N2O3. The summed E-state index contributed by atoms with van der Waals surface area (Å²) in [7, 11) is 0. The molecule has 16 heavy (non-hydrogen) atoms. The third kappa shape index (κ3) is 2.96. The van der Waals surface area contributed by atoms with Crippen molar-refractivity contribution in [3.63, 3.8) is 0 Å². The highest BCUT2D eigenvalue weighted by molar-refractivity contribution is 5.83. The summed E-state index contributed by atoms with van der Waals surface area (Å²) in [5.41, 5.74) is 5.24. The molecular weight excluding hydrogens is 208 g/mol. The molecule has 0 aromatic heterocycles. The van der Waals surface area contributed by atoms with Crippen LogP contribution in [0.5, 0.6) is 0 Å². The lowest BCUT2D eigenvalue weighted by atomic mass is 9.85. The van der Waals surface area contributed by atoms with Gasteiger partial charge in [0.05, 0.1) is 31.5 Å². The van der Waals surface area contributed by atoms with Gasteiger partial charge in [-0.25, -0.2) is 0 Å². The average molecular weight is 228 g/mol. The molecule has 5 heteroatoms. The predicted octanol–water partition coefficient (Wildman–Crippen LogP) is 0.0166. The molecule has 0 spiro atoms. The van der Waals surface area contributed by atoms with Crippen molar-refractivity contribution >= 4 is 5.91 Å². The first-order valence-electron chi connectivity index (χ1n) is 5.45. The summed E-state index contributed by atoms with van der Waals surface area (Å²) in [5, 5.41) is 2.84. The van der Waals surface area contributed by atoms with Crippen LogP contribution in [0.3, 0.4) is 0 Å². The minimum atomic E-state index is -0.598. The lowest BCUT2D eigenvalue weighted by Gasteiger charge is -2.25. The Morgan fingerprint density at radius 1 is 1.81 bits per heavy atom. The summed E-state index contributed by atoms with van der Waals surface area (Å²) in [6.45, 7) is 7.25. The minimum Gasteiger partial charge on any atom is -0.502 e. The van der Waals surface area contributed by atoms with Crippen LogP contribution in [0.1, 0.15) is 13.3 Å². The van der Waals surface area contributed by atoms with Gasteiger partial charge in [0.1, 0.15) is 0 Å². The highest BCUT2D eigenvalue weighted by atomic mass is 16.5. The van der Waals surface area contributed by atoms with Crippen LogP contribution in [-0.4, -0.2) is 38.3 Å². The Labute approximate surface area is 96.0 Å². The largest absolute Gasteiger partial charge is 0.502 e. The highest BCUT2D eigenvalue weighted by Gasteiger charge is 2.44. The van der Waals surface area contributed by atoms with Crippen LogP contribution in [0.4, 0.5) is 0 Å². The molecule has 3 N–H and O–H groups in total. The number of rotatable bonds is 6. The molecule has 0 aromatic rings. The first kappa shape index (κ1) is 13.0. The second-order valence-corrected chi connectivity index (χ2v) is 4.19. The Hall–Kier alpha value is -1.07. The van der Waals surface area contributed by atoms with Gasteiger partial charge in [0.15, 0.2) is 0 Å². The maximum absolute atomic E-state index is 11.9. The molecule has 2 atom stereocenters. The number of hydrogen-bond donors (Lipinski definition) is 2. The van der Waals surface area contributed by atoms with Crippen molar-refractivity contribution in [2.45, 2.75) is 19.4 Å². The Morgan fingerprint density at radius 2 is 2.56 bits per heavy atom. The zero-order valence-corrected chi connectivity index (χ0v) is 9.70. The summed E-state index contributed by atoms with van der Waals surface area (Å²) < 4.78 is 10.2. The maximum atomic E-state index is 11.9. The van der Waals surface area contributed by atoms with E-state index in [0.29, 0.717) is 26.4 Å². The van der Waals surface area contributed by atoms with Crippen LogP contribution < -0.4 is 11.1 Å². The zero-order chi connectivity index (χ0) is 12.0. The molecule has 2 unspecified atom stereocenters.